The molecular weight excluding hydrogens is 285 g/mol. The van der Waals surface area contributed by atoms with Crippen molar-refractivity contribution in [3.63, 3.8) is 0 Å². The van der Waals surface area contributed by atoms with Crippen LogP contribution in [0.3, 0.4) is 0 Å². The Bertz CT molecular complexity index is 560. The van der Waals surface area contributed by atoms with Gasteiger partial charge in [-0.05, 0) is 38.0 Å². The fourth-order valence-electron chi connectivity index (χ4n) is 2.77. The lowest BCUT2D eigenvalue weighted by Crippen LogP contribution is -2.49. The fraction of sp³-hybridized carbons (Fsp3) is 0.500. The second-order valence-corrected chi connectivity index (χ2v) is 5.29. The van der Waals surface area contributed by atoms with Crippen LogP contribution in [0.2, 0.25) is 0 Å². The van der Waals surface area contributed by atoms with Gasteiger partial charge >= 0.3 is 12.1 Å². The van der Waals surface area contributed by atoms with Gasteiger partial charge in [-0.15, -0.1) is 0 Å². The molecule has 0 aromatic heterocycles. The molecular formula is C14H17F3N2O2. The standard InChI is InChI=1S/C14H17F3N2O2/c1-13(12(20)21-2)6-3-7-19(13)9-4-5-11(18)10(8-9)14(15,16)17/h4-5,8H,3,6-7,18H2,1-2H3. The van der Waals surface area contributed by atoms with E-state index in [1.165, 1.54) is 19.2 Å². The molecule has 0 radical (unpaired) electrons. The molecule has 1 fully saturated rings. The minimum Gasteiger partial charge on any atom is -0.467 e. The van der Waals surface area contributed by atoms with Crippen LogP contribution in [0.1, 0.15) is 25.3 Å². The van der Waals surface area contributed by atoms with E-state index in [1.54, 1.807) is 11.8 Å². The van der Waals surface area contributed by atoms with Gasteiger partial charge in [-0.3, -0.25) is 0 Å². The van der Waals surface area contributed by atoms with E-state index in [0.717, 1.165) is 6.07 Å². The number of esters is 1. The summed E-state index contributed by atoms with van der Waals surface area (Å²) in [5, 5.41) is 0. The summed E-state index contributed by atoms with van der Waals surface area (Å²) in [5.74, 6) is -0.453. The van der Waals surface area contributed by atoms with E-state index in [4.69, 9.17) is 10.5 Å². The third-order valence-electron chi connectivity index (χ3n) is 3.92. The van der Waals surface area contributed by atoms with Crippen LogP contribution < -0.4 is 10.6 Å². The molecule has 2 N–H and O–H groups in total. The SMILES string of the molecule is COC(=O)C1(C)CCCN1c1ccc(N)c(C(F)(F)F)c1. The molecule has 0 aliphatic carbocycles. The summed E-state index contributed by atoms with van der Waals surface area (Å²) in [7, 11) is 1.27. The van der Waals surface area contributed by atoms with E-state index in [9.17, 15) is 18.0 Å². The summed E-state index contributed by atoms with van der Waals surface area (Å²) in [6.07, 6.45) is -3.29. The summed E-state index contributed by atoms with van der Waals surface area (Å²) in [6.45, 7) is 2.17. The smallest absolute Gasteiger partial charge is 0.418 e. The van der Waals surface area contributed by atoms with Crippen LogP contribution in [0.5, 0.6) is 0 Å². The number of nitrogens with zero attached hydrogens (tertiary/aromatic N) is 1. The second-order valence-electron chi connectivity index (χ2n) is 5.29. The predicted molar refractivity (Wildman–Crippen MR) is 72.9 cm³/mol. The molecule has 1 unspecified atom stereocenters. The molecule has 1 aliphatic rings. The van der Waals surface area contributed by atoms with E-state index in [0.29, 0.717) is 25.1 Å². The minimum absolute atomic E-state index is 0.321. The molecule has 4 nitrogen and oxygen atoms in total. The van der Waals surface area contributed by atoms with Gasteiger partial charge in [0.05, 0.1) is 12.7 Å². The normalized spacial score (nSPS) is 22.4. The predicted octanol–water partition coefficient (Wildman–Crippen LogP) is 2.82. The Balaban J connectivity index is 2.45. The molecule has 7 heteroatoms. The number of rotatable bonds is 2. The van der Waals surface area contributed by atoms with Crippen molar-refractivity contribution in [2.45, 2.75) is 31.5 Å². The highest BCUT2D eigenvalue weighted by atomic mass is 19.4. The van der Waals surface area contributed by atoms with Crippen molar-refractivity contribution in [2.75, 3.05) is 24.3 Å². The van der Waals surface area contributed by atoms with Crippen molar-refractivity contribution in [1.82, 2.24) is 0 Å². The third kappa shape index (κ3) is 2.64. The molecule has 0 spiro atoms. The van der Waals surface area contributed by atoms with E-state index in [-0.39, 0.29) is 5.69 Å². The second kappa shape index (κ2) is 5.13. The summed E-state index contributed by atoms with van der Waals surface area (Å²) in [5.41, 5.74) is 3.55. The number of carbonyl (C=O) groups is 1. The molecule has 1 saturated heterocycles. The van der Waals surface area contributed by atoms with Crippen LogP contribution in [0.4, 0.5) is 24.5 Å². The summed E-state index contributed by atoms with van der Waals surface area (Å²) in [6, 6.07) is 3.70. The largest absolute Gasteiger partial charge is 0.467 e. The molecule has 1 atom stereocenters. The lowest BCUT2D eigenvalue weighted by Gasteiger charge is -2.34. The van der Waals surface area contributed by atoms with Crippen LogP contribution in [-0.4, -0.2) is 25.2 Å². The number of benzene rings is 1. The van der Waals surface area contributed by atoms with Crippen LogP contribution in [-0.2, 0) is 15.7 Å². The average Bonchev–Trinajstić information content (AvgIpc) is 2.80. The van der Waals surface area contributed by atoms with E-state index < -0.39 is 23.2 Å². The first-order chi connectivity index (χ1) is 9.70. The van der Waals surface area contributed by atoms with Crippen LogP contribution in [0.15, 0.2) is 18.2 Å². The Morgan fingerprint density at radius 3 is 2.67 bits per heavy atom. The van der Waals surface area contributed by atoms with E-state index in [2.05, 4.69) is 0 Å². The van der Waals surface area contributed by atoms with Crippen molar-refractivity contribution in [3.05, 3.63) is 23.8 Å². The topological polar surface area (TPSA) is 55.6 Å². The molecule has 0 amide bonds. The Hall–Kier alpha value is -1.92. The molecule has 21 heavy (non-hydrogen) atoms. The number of nitrogen functional groups attached to an aromatic ring is 1. The summed E-state index contributed by atoms with van der Waals surface area (Å²) < 4.78 is 43.6. The highest BCUT2D eigenvalue weighted by molar-refractivity contribution is 5.85. The van der Waals surface area contributed by atoms with Gasteiger partial charge in [0.15, 0.2) is 0 Å². The molecule has 1 aromatic rings. The zero-order valence-electron chi connectivity index (χ0n) is 11.8. The van der Waals surface area contributed by atoms with Crippen LogP contribution >= 0.6 is 0 Å². The Kier molecular flexibility index (Phi) is 3.78. The maximum atomic E-state index is 12.9. The Morgan fingerprint density at radius 2 is 2.10 bits per heavy atom. The van der Waals surface area contributed by atoms with Gasteiger partial charge in [-0.2, -0.15) is 13.2 Å². The molecule has 1 aliphatic heterocycles. The number of alkyl halides is 3. The Labute approximate surface area is 120 Å². The number of hydrogen-bond donors (Lipinski definition) is 1. The number of hydrogen-bond acceptors (Lipinski definition) is 4. The van der Waals surface area contributed by atoms with Crippen molar-refractivity contribution in [1.29, 1.82) is 0 Å². The molecule has 0 bridgehead atoms. The van der Waals surface area contributed by atoms with Gasteiger partial charge in [-0.25, -0.2) is 4.79 Å². The maximum absolute atomic E-state index is 12.9. The minimum atomic E-state index is -4.53. The lowest BCUT2D eigenvalue weighted by atomic mass is 9.98. The first-order valence-corrected chi connectivity index (χ1v) is 6.53. The van der Waals surface area contributed by atoms with Crippen LogP contribution in [0, 0.1) is 0 Å². The van der Waals surface area contributed by atoms with E-state index >= 15 is 0 Å². The zero-order chi connectivity index (χ0) is 15.8. The average molecular weight is 302 g/mol. The number of ether oxygens (including phenoxy) is 1. The first kappa shape index (κ1) is 15.5. The van der Waals surface area contributed by atoms with Gasteiger partial charge in [0.25, 0.3) is 0 Å². The van der Waals surface area contributed by atoms with Gasteiger partial charge in [0.2, 0.25) is 0 Å². The maximum Gasteiger partial charge on any atom is 0.418 e. The van der Waals surface area contributed by atoms with Gasteiger partial charge in [0.1, 0.15) is 5.54 Å². The van der Waals surface area contributed by atoms with E-state index in [1.807, 2.05) is 0 Å². The molecule has 1 aromatic carbocycles. The zero-order valence-corrected chi connectivity index (χ0v) is 11.8. The number of halogens is 3. The summed E-state index contributed by atoms with van der Waals surface area (Å²) >= 11 is 0. The molecule has 0 saturated carbocycles. The number of methoxy groups -OCH3 is 1. The van der Waals surface area contributed by atoms with Crippen molar-refractivity contribution < 1.29 is 22.7 Å². The number of carbonyl (C=O) groups excluding carboxylic acids is 1. The number of anilines is 2. The van der Waals surface area contributed by atoms with Gasteiger partial charge < -0.3 is 15.4 Å². The quantitative estimate of drug-likeness (QED) is 0.674. The molecule has 2 rings (SSSR count). The highest BCUT2D eigenvalue weighted by Gasteiger charge is 2.45. The third-order valence-corrected chi connectivity index (χ3v) is 3.92. The first-order valence-electron chi connectivity index (χ1n) is 6.53. The van der Waals surface area contributed by atoms with Crippen LogP contribution in [0.25, 0.3) is 0 Å². The van der Waals surface area contributed by atoms with Gasteiger partial charge in [-0.1, -0.05) is 0 Å². The summed E-state index contributed by atoms with van der Waals surface area (Å²) in [4.78, 5) is 13.6. The number of nitrogens with two attached hydrogens (primary N) is 1. The van der Waals surface area contributed by atoms with Crippen molar-refractivity contribution in [2.24, 2.45) is 0 Å². The highest BCUT2D eigenvalue weighted by Crippen LogP contribution is 2.40. The Morgan fingerprint density at radius 1 is 1.43 bits per heavy atom. The lowest BCUT2D eigenvalue weighted by molar-refractivity contribution is -0.146. The fourth-order valence-corrected chi connectivity index (χ4v) is 2.77. The monoisotopic (exact) mass is 302 g/mol. The van der Waals surface area contributed by atoms with Gasteiger partial charge in [0, 0.05) is 17.9 Å². The van der Waals surface area contributed by atoms with Crippen molar-refractivity contribution >= 4 is 17.3 Å². The molecule has 1 heterocycles. The van der Waals surface area contributed by atoms with Crippen molar-refractivity contribution in [3.8, 4) is 0 Å². The molecule has 116 valence electrons.